The molecule has 0 radical (unpaired) electrons. The number of amides is 1. The first kappa shape index (κ1) is 12.5. The second-order valence-electron chi connectivity index (χ2n) is 3.45. The van der Waals surface area contributed by atoms with Crippen LogP contribution in [0.3, 0.4) is 0 Å². The molecule has 0 saturated heterocycles. The molecule has 0 aliphatic rings. The average Bonchev–Trinajstić information content (AvgIpc) is 2.30. The van der Waals surface area contributed by atoms with E-state index in [2.05, 4.69) is 16.7 Å². The van der Waals surface area contributed by atoms with Gasteiger partial charge in [-0.05, 0) is 32.0 Å². The summed E-state index contributed by atoms with van der Waals surface area (Å²) in [5, 5.41) is 5.89. The monoisotopic (exact) mass is 218 g/mol. The number of carbonyl (C=O) groups excluding carboxylic acids is 1. The highest BCUT2D eigenvalue weighted by Gasteiger charge is 1.99. The maximum atomic E-state index is 11.5. The van der Waals surface area contributed by atoms with E-state index < -0.39 is 0 Å². The molecule has 1 aromatic carbocycles. The van der Waals surface area contributed by atoms with Gasteiger partial charge >= 0.3 is 0 Å². The summed E-state index contributed by atoms with van der Waals surface area (Å²) in [6.45, 7) is 3.17. The lowest BCUT2D eigenvalue weighted by atomic mass is 10.3. The van der Waals surface area contributed by atoms with Crippen molar-refractivity contribution in [3.8, 4) is 0 Å². The second-order valence-corrected chi connectivity index (χ2v) is 3.45. The van der Waals surface area contributed by atoms with Gasteiger partial charge in [0.2, 0.25) is 5.91 Å². The Balaban J connectivity index is 2.16. The van der Waals surface area contributed by atoms with Crippen LogP contribution in [0.2, 0.25) is 0 Å². The lowest BCUT2D eigenvalue weighted by Crippen LogP contribution is -2.28. The zero-order valence-corrected chi connectivity index (χ0v) is 9.57. The van der Waals surface area contributed by atoms with Crippen LogP contribution >= 0.6 is 0 Å². The molecule has 2 N–H and O–H groups in total. The third-order valence-electron chi connectivity index (χ3n) is 2.07. The van der Waals surface area contributed by atoms with Crippen LogP contribution in [0.4, 0.5) is 5.69 Å². The van der Waals surface area contributed by atoms with Crippen molar-refractivity contribution in [1.29, 1.82) is 0 Å². The van der Waals surface area contributed by atoms with Gasteiger partial charge in [0, 0.05) is 5.69 Å². The van der Waals surface area contributed by atoms with E-state index in [1.165, 1.54) is 0 Å². The topological polar surface area (TPSA) is 41.1 Å². The summed E-state index contributed by atoms with van der Waals surface area (Å²) in [5.41, 5.74) is 0.836. The molecule has 3 nitrogen and oxygen atoms in total. The lowest BCUT2D eigenvalue weighted by molar-refractivity contribution is -0.115. The molecule has 0 unspecified atom stereocenters. The number of hydrogen-bond acceptors (Lipinski definition) is 2. The van der Waals surface area contributed by atoms with Gasteiger partial charge in [-0.3, -0.25) is 4.79 Å². The molecule has 0 aromatic heterocycles. The molecule has 0 aliphatic heterocycles. The van der Waals surface area contributed by atoms with E-state index in [-0.39, 0.29) is 5.91 Å². The first-order valence-corrected chi connectivity index (χ1v) is 5.49. The predicted molar refractivity (Wildman–Crippen MR) is 67.4 cm³/mol. The third kappa shape index (κ3) is 5.32. The Bertz CT molecular complexity index is 333. The molecule has 1 amide bonds. The number of benzene rings is 1. The summed E-state index contributed by atoms with van der Waals surface area (Å²) >= 11 is 0. The molecule has 0 heterocycles. The summed E-state index contributed by atoms with van der Waals surface area (Å²) < 4.78 is 0. The molecule has 0 saturated carbocycles. The number of para-hydroxylation sites is 1. The van der Waals surface area contributed by atoms with Crippen molar-refractivity contribution in [3.63, 3.8) is 0 Å². The van der Waals surface area contributed by atoms with Gasteiger partial charge in [-0.15, -0.1) is 0 Å². The maximum Gasteiger partial charge on any atom is 0.238 e. The average molecular weight is 218 g/mol. The van der Waals surface area contributed by atoms with Crippen molar-refractivity contribution in [2.75, 3.05) is 18.4 Å². The van der Waals surface area contributed by atoms with E-state index in [0.29, 0.717) is 6.54 Å². The summed E-state index contributed by atoms with van der Waals surface area (Å²) in [5.74, 6) is -0.00771. The number of hydrogen-bond donors (Lipinski definition) is 2. The quantitative estimate of drug-likeness (QED) is 0.567. The summed E-state index contributed by atoms with van der Waals surface area (Å²) in [6.07, 6.45) is 5.03. The Morgan fingerprint density at radius 3 is 2.75 bits per heavy atom. The third-order valence-corrected chi connectivity index (χ3v) is 2.07. The Labute approximate surface area is 96.6 Å². The Hall–Kier alpha value is -1.61. The SMILES string of the molecule is C/C=C/CCNCC(=O)Nc1ccccc1. The number of rotatable bonds is 6. The highest BCUT2D eigenvalue weighted by Crippen LogP contribution is 2.03. The minimum absolute atomic E-state index is 0.00771. The first-order chi connectivity index (χ1) is 7.83. The van der Waals surface area contributed by atoms with Gasteiger partial charge in [0.25, 0.3) is 0 Å². The zero-order chi connectivity index (χ0) is 11.6. The minimum atomic E-state index is -0.00771. The number of anilines is 1. The van der Waals surface area contributed by atoms with Crippen LogP contribution in [0.5, 0.6) is 0 Å². The normalized spacial score (nSPS) is 10.6. The molecule has 0 aliphatic carbocycles. The molecule has 16 heavy (non-hydrogen) atoms. The van der Waals surface area contributed by atoms with Crippen molar-refractivity contribution in [2.45, 2.75) is 13.3 Å². The molecule has 0 spiro atoms. The summed E-state index contributed by atoms with van der Waals surface area (Å²) in [4.78, 5) is 11.5. The van der Waals surface area contributed by atoms with Crippen molar-refractivity contribution in [1.82, 2.24) is 5.32 Å². The van der Waals surface area contributed by atoms with E-state index in [9.17, 15) is 4.79 Å². The molecule has 3 heteroatoms. The van der Waals surface area contributed by atoms with Gasteiger partial charge in [0.05, 0.1) is 6.54 Å². The van der Waals surface area contributed by atoms with Crippen molar-refractivity contribution < 1.29 is 4.79 Å². The number of allylic oxidation sites excluding steroid dienone is 1. The van der Waals surface area contributed by atoms with Gasteiger partial charge in [0.15, 0.2) is 0 Å². The van der Waals surface area contributed by atoms with Crippen LogP contribution in [0.25, 0.3) is 0 Å². The first-order valence-electron chi connectivity index (χ1n) is 5.49. The fourth-order valence-electron chi connectivity index (χ4n) is 1.28. The van der Waals surface area contributed by atoms with Crippen LogP contribution in [0.15, 0.2) is 42.5 Å². The Morgan fingerprint density at radius 2 is 2.06 bits per heavy atom. The molecule has 0 bridgehead atoms. The van der Waals surface area contributed by atoms with Crippen molar-refractivity contribution in [3.05, 3.63) is 42.5 Å². The molecule has 1 rings (SSSR count). The second kappa shape index (κ2) is 7.65. The zero-order valence-electron chi connectivity index (χ0n) is 9.57. The fraction of sp³-hybridized carbons (Fsp3) is 0.308. The molecule has 86 valence electrons. The number of nitrogens with one attached hydrogen (secondary N) is 2. The van der Waals surface area contributed by atoms with Gasteiger partial charge < -0.3 is 10.6 Å². The smallest absolute Gasteiger partial charge is 0.238 e. The van der Waals surface area contributed by atoms with Crippen LogP contribution in [-0.4, -0.2) is 19.0 Å². The summed E-state index contributed by atoms with van der Waals surface area (Å²) in [6, 6.07) is 9.46. The standard InChI is InChI=1S/C13H18N2O/c1-2-3-7-10-14-11-13(16)15-12-8-5-4-6-9-12/h2-6,8-9,14H,7,10-11H2,1H3,(H,15,16)/b3-2+. The van der Waals surface area contributed by atoms with E-state index in [4.69, 9.17) is 0 Å². The van der Waals surface area contributed by atoms with Crippen molar-refractivity contribution >= 4 is 11.6 Å². The maximum absolute atomic E-state index is 11.5. The minimum Gasteiger partial charge on any atom is -0.325 e. The number of carbonyl (C=O) groups is 1. The molecular weight excluding hydrogens is 200 g/mol. The van der Waals surface area contributed by atoms with Crippen LogP contribution < -0.4 is 10.6 Å². The summed E-state index contributed by atoms with van der Waals surface area (Å²) in [7, 11) is 0. The van der Waals surface area contributed by atoms with Gasteiger partial charge in [-0.2, -0.15) is 0 Å². The Morgan fingerprint density at radius 1 is 1.31 bits per heavy atom. The van der Waals surface area contributed by atoms with Gasteiger partial charge in [-0.25, -0.2) is 0 Å². The van der Waals surface area contributed by atoms with Crippen LogP contribution in [-0.2, 0) is 4.79 Å². The highest BCUT2D eigenvalue weighted by molar-refractivity contribution is 5.92. The molecule has 0 fully saturated rings. The van der Waals surface area contributed by atoms with E-state index in [1.54, 1.807) is 0 Å². The van der Waals surface area contributed by atoms with Crippen LogP contribution in [0, 0.1) is 0 Å². The largest absolute Gasteiger partial charge is 0.325 e. The van der Waals surface area contributed by atoms with Crippen LogP contribution in [0.1, 0.15) is 13.3 Å². The molecule has 1 aromatic rings. The molecule has 0 atom stereocenters. The van der Waals surface area contributed by atoms with E-state index in [1.807, 2.05) is 43.3 Å². The van der Waals surface area contributed by atoms with Gasteiger partial charge in [-0.1, -0.05) is 30.4 Å². The van der Waals surface area contributed by atoms with E-state index in [0.717, 1.165) is 18.7 Å². The van der Waals surface area contributed by atoms with Gasteiger partial charge in [0.1, 0.15) is 0 Å². The molecular formula is C13H18N2O. The Kier molecular flexibility index (Phi) is 5.96. The van der Waals surface area contributed by atoms with Crippen molar-refractivity contribution in [2.24, 2.45) is 0 Å². The highest BCUT2D eigenvalue weighted by atomic mass is 16.1. The lowest BCUT2D eigenvalue weighted by Gasteiger charge is -2.05. The fourth-order valence-corrected chi connectivity index (χ4v) is 1.28. The predicted octanol–water partition coefficient (Wildman–Crippen LogP) is 2.18. The van der Waals surface area contributed by atoms with E-state index >= 15 is 0 Å².